The predicted octanol–water partition coefficient (Wildman–Crippen LogP) is 4.56. The van der Waals surface area contributed by atoms with Crippen LogP contribution in [-0.2, 0) is 12.7 Å². The number of thiol groups is 1. The SMILES string of the molecule is O=C(c1ccccc1S)N1CCN(Cc2nc3cc(C(F)(F)F)ccc3s2)CC1. The number of fused-ring (bicyclic) bond motifs is 1. The number of hydrogen-bond acceptors (Lipinski definition) is 5. The van der Waals surface area contributed by atoms with Crippen LogP contribution in [0.25, 0.3) is 10.2 Å². The molecule has 4 nitrogen and oxygen atoms in total. The smallest absolute Gasteiger partial charge is 0.336 e. The lowest BCUT2D eigenvalue weighted by Gasteiger charge is -2.34. The van der Waals surface area contributed by atoms with Gasteiger partial charge in [-0.3, -0.25) is 9.69 Å². The molecule has 1 aromatic heterocycles. The van der Waals surface area contributed by atoms with E-state index in [2.05, 4.69) is 22.5 Å². The zero-order valence-electron chi connectivity index (χ0n) is 15.3. The van der Waals surface area contributed by atoms with Gasteiger partial charge in [0.25, 0.3) is 5.91 Å². The Morgan fingerprint density at radius 2 is 1.83 bits per heavy atom. The fraction of sp³-hybridized carbons (Fsp3) is 0.300. The number of aromatic nitrogens is 1. The number of amides is 1. The Balaban J connectivity index is 1.39. The second kappa shape index (κ2) is 7.97. The molecule has 0 aliphatic carbocycles. The molecule has 2 heterocycles. The molecule has 4 rings (SSSR count). The fourth-order valence-corrected chi connectivity index (χ4v) is 4.59. The summed E-state index contributed by atoms with van der Waals surface area (Å²) in [6.07, 6.45) is -4.37. The van der Waals surface area contributed by atoms with E-state index < -0.39 is 11.7 Å². The van der Waals surface area contributed by atoms with Crippen molar-refractivity contribution < 1.29 is 18.0 Å². The standard InChI is InChI=1S/C20H18F3N3OS2/c21-20(22,23)13-5-6-17-15(11-13)24-18(29-17)12-25-7-9-26(10-8-25)19(27)14-3-1-2-4-16(14)28/h1-6,11,28H,7-10,12H2. The van der Waals surface area contributed by atoms with Crippen LogP contribution < -0.4 is 0 Å². The summed E-state index contributed by atoms with van der Waals surface area (Å²) >= 11 is 5.76. The summed E-state index contributed by atoms with van der Waals surface area (Å²) in [5, 5.41) is 0.778. The number of benzene rings is 2. The normalized spacial score (nSPS) is 15.8. The maximum Gasteiger partial charge on any atom is 0.416 e. The van der Waals surface area contributed by atoms with Gasteiger partial charge in [0.1, 0.15) is 5.01 Å². The van der Waals surface area contributed by atoms with Gasteiger partial charge in [0, 0.05) is 31.1 Å². The van der Waals surface area contributed by atoms with Crippen LogP contribution in [0.1, 0.15) is 20.9 Å². The van der Waals surface area contributed by atoms with Crippen LogP contribution in [0, 0.1) is 0 Å². The van der Waals surface area contributed by atoms with E-state index in [1.165, 1.54) is 17.4 Å². The van der Waals surface area contributed by atoms with E-state index in [1.807, 2.05) is 12.1 Å². The number of halogens is 3. The molecule has 3 aromatic rings. The monoisotopic (exact) mass is 437 g/mol. The summed E-state index contributed by atoms with van der Waals surface area (Å²) < 4.78 is 39.4. The van der Waals surface area contributed by atoms with Gasteiger partial charge in [-0.25, -0.2) is 4.98 Å². The van der Waals surface area contributed by atoms with Crippen molar-refractivity contribution in [3.05, 3.63) is 58.6 Å². The first-order valence-electron chi connectivity index (χ1n) is 9.07. The fourth-order valence-electron chi connectivity index (χ4n) is 3.34. The van der Waals surface area contributed by atoms with E-state index in [9.17, 15) is 18.0 Å². The highest BCUT2D eigenvalue weighted by Gasteiger charge is 2.31. The molecule has 152 valence electrons. The van der Waals surface area contributed by atoms with Crippen molar-refractivity contribution in [3.63, 3.8) is 0 Å². The van der Waals surface area contributed by atoms with E-state index >= 15 is 0 Å². The molecule has 0 unspecified atom stereocenters. The molecular weight excluding hydrogens is 419 g/mol. The molecule has 0 radical (unpaired) electrons. The van der Waals surface area contributed by atoms with Crippen molar-refractivity contribution in [2.45, 2.75) is 17.6 Å². The van der Waals surface area contributed by atoms with Gasteiger partial charge in [0.05, 0.1) is 27.9 Å². The molecule has 0 atom stereocenters. The van der Waals surface area contributed by atoms with Crippen LogP contribution in [0.2, 0.25) is 0 Å². The van der Waals surface area contributed by atoms with Crippen molar-refractivity contribution in [2.75, 3.05) is 26.2 Å². The number of alkyl halides is 3. The molecule has 0 bridgehead atoms. The van der Waals surface area contributed by atoms with Crippen molar-refractivity contribution in [1.82, 2.24) is 14.8 Å². The van der Waals surface area contributed by atoms with Crippen molar-refractivity contribution >= 4 is 40.1 Å². The van der Waals surface area contributed by atoms with Gasteiger partial charge in [0.2, 0.25) is 0 Å². The van der Waals surface area contributed by atoms with Gasteiger partial charge in [-0.1, -0.05) is 12.1 Å². The van der Waals surface area contributed by atoms with Gasteiger partial charge in [-0.15, -0.1) is 24.0 Å². The third kappa shape index (κ3) is 4.41. The average Bonchev–Trinajstić information content (AvgIpc) is 3.09. The first-order chi connectivity index (χ1) is 13.8. The van der Waals surface area contributed by atoms with E-state index in [0.717, 1.165) is 21.8 Å². The highest BCUT2D eigenvalue weighted by atomic mass is 32.1. The minimum atomic E-state index is -4.37. The molecular formula is C20H18F3N3OS2. The molecule has 1 amide bonds. The van der Waals surface area contributed by atoms with Gasteiger partial charge < -0.3 is 4.90 Å². The predicted molar refractivity (Wildman–Crippen MR) is 109 cm³/mol. The molecule has 0 saturated carbocycles. The Kier molecular flexibility index (Phi) is 5.54. The number of carbonyl (C=O) groups is 1. The summed E-state index contributed by atoms with van der Waals surface area (Å²) in [4.78, 5) is 21.7. The quantitative estimate of drug-likeness (QED) is 0.611. The molecule has 9 heteroatoms. The summed E-state index contributed by atoms with van der Waals surface area (Å²) in [5.41, 5.74) is 0.286. The zero-order chi connectivity index (χ0) is 20.6. The number of carbonyl (C=O) groups excluding carboxylic acids is 1. The second-order valence-electron chi connectivity index (χ2n) is 6.87. The van der Waals surface area contributed by atoms with Crippen LogP contribution in [0.15, 0.2) is 47.4 Å². The van der Waals surface area contributed by atoms with Crippen LogP contribution in [0.5, 0.6) is 0 Å². The molecule has 1 aliphatic heterocycles. The molecule has 29 heavy (non-hydrogen) atoms. The van der Waals surface area contributed by atoms with E-state index in [4.69, 9.17) is 0 Å². The van der Waals surface area contributed by atoms with Crippen molar-refractivity contribution in [2.24, 2.45) is 0 Å². The van der Waals surface area contributed by atoms with E-state index in [-0.39, 0.29) is 5.91 Å². The Hall–Kier alpha value is -2.10. The van der Waals surface area contributed by atoms with E-state index in [1.54, 1.807) is 17.0 Å². The van der Waals surface area contributed by atoms with E-state index in [0.29, 0.717) is 48.7 Å². The topological polar surface area (TPSA) is 36.4 Å². The molecule has 1 aliphatic rings. The van der Waals surface area contributed by atoms with Gasteiger partial charge >= 0.3 is 6.18 Å². The second-order valence-corrected chi connectivity index (χ2v) is 8.47. The Labute approximate surface area is 175 Å². The average molecular weight is 438 g/mol. The minimum Gasteiger partial charge on any atom is -0.336 e. The molecule has 1 fully saturated rings. The zero-order valence-corrected chi connectivity index (χ0v) is 17.0. The van der Waals surface area contributed by atoms with Gasteiger partial charge in [-0.2, -0.15) is 13.2 Å². The van der Waals surface area contributed by atoms with Gasteiger partial charge in [-0.05, 0) is 30.3 Å². The van der Waals surface area contributed by atoms with Crippen molar-refractivity contribution in [1.29, 1.82) is 0 Å². The molecule has 0 N–H and O–H groups in total. The highest BCUT2D eigenvalue weighted by Crippen LogP contribution is 2.33. The van der Waals surface area contributed by atoms with Gasteiger partial charge in [0.15, 0.2) is 0 Å². The van der Waals surface area contributed by atoms with Crippen LogP contribution in [0.4, 0.5) is 13.2 Å². The number of rotatable bonds is 3. The lowest BCUT2D eigenvalue weighted by atomic mass is 10.2. The number of hydrogen-bond donors (Lipinski definition) is 1. The van der Waals surface area contributed by atoms with Crippen LogP contribution >= 0.6 is 24.0 Å². The number of nitrogens with zero attached hydrogens (tertiary/aromatic N) is 3. The summed E-state index contributed by atoms with van der Waals surface area (Å²) in [5.74, 6) is -0.0325. The van der Waals surface area contributed by atoms with Crippen LogP contribution in [-0.4, -0.2) is 46.9 Å². The summed E-state index contributed by atoms with van der Waals surface area (Å²) in [6, 6.07) is 10.9. The molecule has 0 spiro atoms. The highest BCUT2D eigenvalue weighted by molar-refractivity contribution is 7.80. The minimum absolute atomic E-state index is 0.0325. The summed E-state index contributed by atoms with van der Waals surface area (Å²) in [7, 11) is 0. The Morgan fingerprint density at radius 3 is 2.52 bits per heavy atom. The maximum atomic E-state index is 12.9. The van der Waals surface area contributed by atoms with Crippen molar-refractivity contribution in [3.8, 4) is 0 Å². The molecule has 2 aromatic carbocycles. The largest absolute Gasteiger partial charge is 0.416 e. The van der Waals surface area contributed by atoms with Crippen LogP contribution in [0.3, 0.4) is 0 Å². The third-order valence-electron chi connectivity index (χ3n) is 4.91. The third-order valence-corrected chi connectivity index (χ3v) is 6.32. The number of thiazole rings is 1. The Morgan fingerprint density at radius 1 is 1.10 bits per heavy atom. The lowest BCUT2D eigenvalue weighted by molar-refractivity contribution is -0.137. The lowest BCUT2D eigenvalue weighted by Crippen LogP contribution is -2.48. The summed E-state index contributed by atoms with van der Waals surface area (Å²) in [6.45, 7) is 3.11. The first kappa shape index (κ1) is 20.2. The molecule has 1 saturated heterocycles. The Bertz CT molecular complexity index is 1040. The number of piperazine rings is 1. The maximum absolute atomic E-state index is 12.9. The first-order valence-corrected chi connectivity index (χ1v) is 10.3.